The van der Waals surface area contributed by atoms with E-state index in [-0.39, 0.29) is 0 Å². The van der Waals surface area contributed by atoms with Crippen molar-refractivity contribution in [2.75, 3.05) is 5.73 Å². The van der Waals surface area contributed by atoms with E-state index in [0.717, 1.165) is 11.3 Å². The first-order valence-electron chi connectivity index (χ1n) is 5.01. The Labute approximate surface area is 82.6 Å². The Morgan fingerprint density at radius 3 is 2.93 bits per heavy atom. The zero-order valence-electron chi connectivity index (χ0n) is 8.20. The van der Waals surface area contributed by atoms with Gasteiger partial charge < -0.3 is 5.73 Å². The summed E-state index contributed by atoms with van der Waals surface area (Å²) in [4.78, 5) is 4.45. The lowest BCUT2D eigenvalue weighted by atomic mass is 10.3. The maximum atomic E-state index is 5.88. The number of pyridine rings is 1. The predicted octanol–water partition coefficient (Wildman–Crippen LogP) is 2.10. The molecule has 1 fully saturated rings. The average Bonchev–Trinajstić information content (AvgIpc) is 2.94. The SMILES string of the molecule is Cc1cccc2c(N)nc(C3CC3)n12. The molecule has 2 aromatic heterocycles. The maximum Gasteiger partial charge on any atom is 0.149 e. The van der Waals surface area contributed by atoms with Crippen LogP contribution >= 0.6 is 0 Å². The number of fused-ring (bicyclic) bond motifs is 1. The third-order valence-electron chi connectivity index (χ3n) is 2.85. The molecule has 3 rings (SSSR count). The van der Waals surface area contributed by atoms with Gasteiger partial charge in [-0.15, -0.1) is 0 Å². The molecule has 2 N–H and O–H groups in total. The Kier molecular flexibility index (Phi) is 1.40. The van der Waals surface area contributed by atoms with Gasteiger partial charge in [0.05, 0.1) is 5.52 Å². The Hall–Kier alpha value is -1.51. The van der Waals surface area contributed by atoms with Crippen molar-refractivity contribution in [3.63, 3.8) is 0 Å². The normalized spacial score (nSPS) is 16.4. The number of rotatable bonds is 1. The number of hydrogen-bond donors (Lipinski definition) is 1. The largest absolute Gasteiger partial charge is 0.382 e. The number of aryl methyl sites for hydroxylation is 1. The Balaban J connectivity index is 2.39. The van der Waals surface area contributed by atoms with Crippen LogP contribution in [0.5, 0.6) is 0 Å². The summed E-state index contributed by atoms with van der Waals surface area (Å²) >= 11 is 0. The van der Waals surface area contributed by atoms with Gasteiger partial charge in [0.25, 0.3) is 0 Å². The van der Waals surface area contributed by atoms with E-state index in [2.05, 4.69) is 22.4 Å². The van der Waals surface area contributed by atoms with Gasteiger partial charge in [-0.05, 0) is 31.9 Å². The standard InChI is InChI=1S/C11H13N3/c1-7-3-2-4-9-10(12)13-11(14(7)9)8-5-6-8/h2-4,8H,5-6,12H2,1H3. The van der Waals surface area contributed by atoms with Gasteiger partial charge in [-0.1, -0.05) is 6.07 Å². The van der Waals surface area contributed by atoms with Crippen LogP contribution < -0.4 is 5.73 Å². The van der Waals surface area contributed by atoms with Crippen molar-refractivity contribution in [3.05, 3.63) is 29.7 Å². The molecule has 1 aliphatic rings. The van der Waals surface area contributed by atoms with Gasteiger partial charge in [-0.25, -0.2) is 4.98 Å². The predicted molar refractivity (Wildman–Crippen MR) is 56.3 cm³/mol. The van der Waals surface area contributed by atoms with Gasteiger partial charge in [0.2, 0.25) is 0 Å². The summed E-state index contributed by atoms with van der Waals surface area (Å²) in [6.07, 6.45) is 2.51. The Bertz CT molecular complexity index is 494. The van der Waals surface area contributed by atoms with Crippen LogP contribution in [0.2, 0.25) is 0 Å². The van der Waals surface area contributed by atoms with Crippen LogP contribution in [0, 0.1) is 6.92 Å². The molecule has 14 heavy (non-hydrogen) atoms. The first-order valence-corrected chi connectivity index (χ1v) is 5.01. The van der Waals surface area contributed by atoms with Crippen molar-refractivity contribution in [1.29, 1.82) is 0 Å². The highest BCUT2D eigenvalue weighted by atomic mass is 15.1. The molecule has 0 radical (unpaired) electrons. The molecule has 3 heteroatoms. The lowest BCUT2D eigenvalue weighted by Crippen LogP contribution is -1.95. The monoisotopic (exact) mass is 187 g/mol. The molecule has 2 heterocycles. The fourth-order valence-corrected chi connectivity index (χ4v) is 1.97. The molecule has 0 amide bonds. The van der Waals surface area contributed by atoms with Crippen molar-refractivity contribution in [2.45, 2.75) is 25.7 Å². The minimum atomic E-state index is 0.640. The van der Waals surface area contributed by atoms with Crippen molar-refractivity contribution in [1.82, 2.24) is 9.38 Å². The van der Waals surface area contributed by atoms with Gasteiger partial charge in [-0.2, -0.15) is 0 Å². The van der Waals surface area contributed by atoms with E-state index in [1.807, 2.05) is 12.1 Å². The summed E-state index contributed by atoms with van der Waals surface area (Å²) in [5.74, 6) is 2.45. The van der Waals surface area contributed by atoms with Crippen LogP contribution in [0.15, 0.2) is 18.2 Å². The van der Waals surface area contributed by atoms with E-state index in [1.54, 1.807) is 0 Å². The molecule has 1 saturated carbocycles. The van der Waals surface area contributed by atoms with Crippen molar-refractivity contribution < 1.29 is 0 Å². The summed E-state index contributed by atoms with van der Waals surface area (Å²) in [5.41, 5.74) is 8.14. The molecule has 2 aromatic rings. The summed E-state index contributed by atoms with van der Waals surface area (Å²) in [5, 5.41) is 0. The highest BCUT2D eigenvalue weighted by Gasteiger charge is 2.29. The van der Waals surface area contributed by atoms with Gasteiger partial charge in [0.1, 0.15) is 11.6 Å². The minimum Gasteiger partial charge on any atom is -0.382 e. The third kappa shape index (κ3) is 0.953. The van der Waals surface area contributed by atoms with Crippen molar-refractivity contribution in [2.24, 2.45) is 0 Å². The first-order chi connectivity index (χ1) is 6.77. The number of imidazole rings is 1. The first kappa shape index (κ1) is 7.85. The molecule has 3 nitrogen and oxygen atoms in total. The van der Waals surface area contributed by atoms with Crippen LogP contribution in [0.1, 0.15) is 30.3 Å². The van der Waals surface area contributed by atoms with E-state index in [0.29, 0.717) is 11.7 Å². The molecular weight excluding hydrogens is 174 g/mol. The number of hydrogen-bond acceptors (Lipinski definition) is 2. The molecule has 0 saturated heterocycles. The second kappa shape index (κ2) is 2.50. The molecule has 0 aliphatic heterocycles. The zero-order valence-corrected chi connectivity index (χ0v) is 8.20. The molecule has 72 valence electrons. The maximum absolute atomic E-state index is 5.88. The van der Waals surface area contributed by atoms with E-state index >= 15 is 0 Å². The third-order valence-corrected chi connectivity index (χ3v) is 2.85. The van der Waals surface area contributed by atoms with E-state index < -0.39 is 0 Å². The average molecular weight is 187 g/mol. The van der Waals surface area contributed by atoms with Crippen LogP contribution in [-0.2, 0) is 0 Å². The van der Waals surface area contributed by atoms with Crippen molar-refractivity contribution in [3.8, 4) is 0 Å². The van der Waals surface area contributed by atoms with Gasteiger partial charge in [-0.3, -0.25) is 4.40 Å². The Morgan fingerprint density at radius 2 is 2.21 bits per heavy atom. The molecule has 0 aromatic carbocycles. The van der Waals surface area contributed by atoms with E-state index in [9.17, 15) is 0 Å². The fraction of sp³-hybridized carbons (Fsp3) is 0.364. The quantitative estimate of drug-likeness (QED) is 0.743. The van der Waals surface area contributed by atoms with Crippen LogP contribution in [0.3, 0.4) is 0 Å². The summed E-state index contributed by atoms with van der Waals surface area (Å²) in [6, 6.07) is 6.15. The molecule has 0 atom stereocenters. The number of nitrogens with zero attached hydrogens (tertiary/aromatic N) is 2. The van der Waals surface area contributed by atoms with Crippen molar-refractivity contribution >= 4 is 11.3 Å². The summed E-state index contributed by atoms with van der Waals surface area (Å²) in [6.45, 7) is 2.10. The minimum absolute atomic E-state index is 0.640. The summed E-state index contributed by atoms with van der Waals surface area (Å²) in [7, 11) is 0. The van der Waals surface area contributed by atoms with E-state index in [4.69, 9.17) is 5.73 Å². The number of aromatic nitrogens is 2. The van der Waals surface area contributed by atoms with E-state index in [1.165, 1.54) is 18.5 Å². The van der Waals surface area contributed by atoms with Gasteiger partial charge in [0, 0.05) is 11.6 Å². The molecule has 0 spiro atoms. The lowest BCUT2D eigenvalue weighted by molar-refractivity contribution is 0.898. The van der Waals surface area contributed by atoms with Crippen LogP contribution in [0.4, 0.5) is 5.82 Å². The topological polar surface area (TPSA) is 43.3 Å². The zero-order chi connectivity index (χ0) is 9.71. The smallest absolute Gasteiger partial charge is 0.149 e. The van der Waals surface area contributed by atoms with Crippen LogP contribution in [0.25, 0.3) is 5.52 Å². The molecule has 1 aliphatic carbocycles. The number of anilines is 1. The van der Waals surface area contributed by atoms with Crippen LogP contribution in [-0.4, -0.2) is 9.38 Å². The second-order valence-corrected chi connectivity index (χ2v) is 4.02. The fourth-order valence-electron chi connectivity index (χ4n) is 1.97. The van der Waals surface area contributed by atoms with Gasteiger partial charge in [0.15, 0.2) is 0 Å². The number of nitrogen functional groups attached to an aromatic ring is 1. The number of nitrogens with two attached hydrogens (primary N) is 1. The highest BCUT2D eigenvalue weighted by Crippen LogP contribution is 2.40. The molecule has 0 bridgehead atoms. The highest BCUT2D eigenvalue weighted by molar-refractivity contribution is 5.67. The molecular formula is C11H13N3. The Morgan fingerprint density at radius 1 is 1.43 bits per heavy atom. The molecule has 0 unspecified atom stereocenters. The second-order valence-electron chi connectivity index (χ2n) is 4.02. The lowest BCUT2D eigenvalue weighted by Gasteiger charge is -2.02. The van der Waals surface area contributed by atoms with Gasteiger partial charge >= 0.3 is 0 Å². The summed E-state index contributed by atoms with van der Waals surface area (Å²) < 4.78 is 2.19.